The van der Waals surface area contributed by atoms with Crippen molar-refractivity contribution in [2.75, 3.05) is 37.0 Å². The summed E-state index contributed by atoms with van der Waals surface area (Å²) in [5.41, 5.74) is 2.67. The van der Waals surface area contributed by atoms with Gasteiger partial charge >= 0.3 is 0 Å². The van der Waals surface area contributed by atoms with E-state index in [1.54, 1.807) is 0 Å². The highest BCUT2D eigenvalue weighted by Gasteiger charge is 2.26. The van der Waals surface area contributed by atoms with Crippen molar-refractivity contribution in [3.8, 4) is 0 Å². The van der Waals surface area contributed by atoms with Crippen LogP contribution in [0.1, 0.15) is 20.3 Å². The molecule has 1 fully saturated rings. The van der Waals surface area contributed by atoms with Crippen LogP contribution in [0, 0.1) is 0 Å². The summed E-state index contributed by atoms with van der Waals surface area (Å²) in [4.78, 5) is 4.77. The molecule has 100 valence electrons. The van der Waals surface area contributed by atoms with Gasteiger partial charge in [-0.25, -0.2) is 0 Å². The number of rotatable bonds is 3. The van der Waals surface area contributed by atoms with Gasteiger partial charge in [0.2, 0.25) is 0 Å². The number of benzene rings is 1. The van der Waals surface area contributed by atoms with Crippen molar-refractivity contribution in [2.24, 2.45) is 0 Å². The standard InChI is InChI=1S/C15H25N3/c1-5-13-10-16-12(2)11-18(13)15-9-7-6-8-14(15)17(3)4/h6-9,12-13,16H,5,10-11H2,1-4H3. The molecule has 2 rings (SSSR count). The maximum Gasteiger partial charge on any atom is 0.0607 e. The summed E-state index contributed by atoms with van der Waals surface area (Å²) >= 11 is 0. The van der Waals surface area contributed by atoms with Crippen LogP contribution in [0.15, 0.2) is 24.3 Å². The lowest BCUT2D eigenvalue weighted by atomic mass is 10.1. The van der Waals surface area contributed by atoms with Gasteiger partial charge in [-0.15, -0.1) is 0 Å². The molecular weight excluding hydrogens is 222 g/mol. The predicted molar refractivity (Wildman–Crippen MR) is 79.7 cm³/mol. The van der Waals surface area contributed by atoms with Crippen molar-refractivity contribution in [3.05, 3.63) is 24.3 Å². The fraction of sp³-hybridized carbons (Fsp3) is 0.600. The van der Waals surface area contributed by atoms with Gasteiger partial charge in [0.25, 0.3) is 0 Å². The fourth-order valence-electron chi connectivity index (χ4n) is 2.70. The first kappa shape index (κ1) is 13.2. The molecule has 2 unspecified atom stereocenters. The van der Waals surface area contributed by atoms with E-state index in [2.05, 4.69) is 67.3 Å². The molecule has 0 bridgehead atoms. The number of piperazine rings is 1. The highest BCUT2D eigenvalue weighted by Crippen LogP contribution is 2.31. The smallest absolute Gasteiger partial charge is 0.0607 e. The van der Waals surface area contributed by atoms with E-state index in [0.717, 1.165) is 13.1 Å². The average molecular weight is 247 g/mol. The summed E-state index contributed by atoms with van der Waals surface area (Å²) in [5, 5.41) is 3.58. The lowest BCUT2D eigenvalue weighted by Gasteiger charge is -2.42. The minimum Gasteiger partial charge on any atom is -0.376 e. The molecule has 1 aliphatic heterocycles. The third-order valence-corrected chi connectivity index (χ3v) is 3.76. The van der Waals surface area contributed by atoms with E-state index in [9.17, 15) is 0 Å². The summed E-state index contributed by atoms with van der Waals surface area (Å²) in [5.74, 6) is 0. The Morgan fingerprint density at radius 3 is 2.72 bits per heavy atom. The van der Waals surface area contributed by atoms with Crippen LogP contribution in [0.2, 0.25) is 0 Å². The molecular formula is C15H25N3. The van der Waals surface area contributed by atoms with Crippen molar-refractivity contribution >= 4 is 11.4 Å². The molecule has 3 nitrogen and oxygen atoms in total. The van der Waals surface area contributed by atoms with Crippen molar-refractivity contribution in [1.82, 2.24) is 5.32 Å². The van der Waals surface area contributed by atoms with Gasteiger partial charge in [0.15, 0.2) is 0 Å². The molecule has 1 aliphatic rings. The number of anilines is 2. The Bertz CT molecular complexity index is 389. The largest absolute Gasteiger partial charge is 0.376 e. The fourth-order valence-corrected chi connectivity index (χ4v) is 2.70. The third-order valence-electron chi connectivity index (χ3n) is 3.76. The van der Waals surface area contributed by atoms with E-state index < -0.39 is 0 Å². The Morgan fingerprint density at radius 2 is 2.06 bits per heavy atom. The summed E-state index contributed by atoms with van der Waals surface area (Å²) < 4.78 is 0. The van der Waals surface area contributed by atoms with Gasteiger partial charge in [0.05, 0.1) is 11.4 Å². The number of hydrogen-bond acceptors (Lipinski definition) is 3. The summed E-state index contributed by atoms with van der Waals surface area (Å²) in [6.45, 7) is 6.70. The van der Waals surface area contributed by atoms with E-state index in [1.807, 2.05) is 0 Å². The Kier molecular flexibility index (Phi) is 4.12. The van der Waals surface area contributed by atoms with Crippen LogP contribution >= 0.6 is 0 Å². The molecule has 18 heavy (non-hydrogen) atoms. The molecule has 0 saturated carbocycles. The van der Waals surface area contributed by atoms with Gasteiger partial charge < -0.3 is 15.1 Å². The lowest BCUT2D eigenvalue weighted by Crippen LogP contribution is -2.55. The zero-order valence-electron chi connectivity index (χ0n) is 12.0. The van der Waals surface area contributed by atoms with Crippen molar-refractivity contribution in [3.63, 3.8) is 0 Å². The SMILES string of the molecule is CCC1CNC(C)CN1c1ccccc1N(C)C. The van der Waals surface area contributed by atoms with Crippen molar-refractivity contribution in [1.29, 1.82) is 0 Å². The molecule has 1 saturated heterocycles. The van der Waals surface area contributed by atoms with Gasteiger partial charge in [-0.3, -0.25) is 0 Å². The zero-order chi connectivity index (χ0) is 13.1. The molecule has 0 aromatic heterocycles. The van der Waals surface area contributed by atoms with E-state index in [1.165, 1.54) is 17.8 Å². The van der Waals surface area contributed by atoms with E-state index >= 15 is 0 Å². The average Bonchev–Trinajstić information content (AvgIpc) is 2.38. The second-order valence-corrected chi connectivity index (χ2v) is 5.41. The van der Waals surface area contributed by atoms with E-state index in [0.29, 0.717) is 12.1 Å². The normalized spacial score (nSPS) is 24.1. The highest BCUT2D eigenvalue weighted by molar-refractivity contribution is 5.71. The zero-order valence-corrected chi connectivity index (χ0v) is 12.0. The molecule has 2 atom stereocenters. The number of para-hydroxylation sites is 2. The van der Waals surface area contributed by atoms with E-state index in [4.69, 9.17) is 0 Å². The lowest BCUT2D eigenvalue weighted by molar-refractivity contribution is 0.402. The molecule has 0 spiro atoms. The number of nitrogens with zero attached hydrogens (tertiary/aromatic N) is 2. The van der Waals surface area contributed by atoms with Crippen LogP contribution < -0.4 is 15.1 Å². The Labute approximate surface area is 111 Å². The third kappa shape index (κ3) is 2.61. The first-order valence-corrected chi connectivity index (χ1v) is 6.89. The Hall–Kier alpha value is -1.22. The topological polar surface area (TPSA) is 18.5 Å². The highest BCUT2D eigenvalue weighted by atomic mass is 15.3. The molecule has 0 radical (unpaired) electrons. The van der Waals surface area contributed by atoms with Gasteiger partial charge in [-0.2, -0.15) is 0 Å². The summed E-state index contributed by atoms with van der Waals surface area (Å²) in [6.07, 6.45) is 1.18. The molecule has 1 N–H and O–H groups in total. The van der Waals surface area contributed by atoms with Crippen LogP contribution in [-0.4, -0.2) is 39.3 Å². The predicted octanol–water partition coefficient (Wildman–Crippen LogP) is 2.33. The van der Waals surface area contributed by atoms with Crippen LogP contribution in [0.5, 0.6) is 0 Å². The van der Waals surface area contributed by atoms with Crippen LogP contribution in [0.4, 0.5) is 11.4 Å². The maximum absolute atomic E-state index is 3.58. The maximum atomic E-state index is 3.58. The molecule has 1 aromatic carbocycles. The van der Waals surface area contributed by atoms with Gasteiger partial charge in [0.1, 0.15) is 0 Å². The molecule has 3 heteroatoms. The summed E-state index contributed by atoms with van der Waals surface area (Å²) in [7, 11) is 4.23. The molecule has 0 amide bonds. The Morgan fingerprint density at radius 1 is 1.33 bits per heavy atom. The first-order chi connectivity index (χ1) is 8.63. The minimum atomic E-state index is 0.558. The van der Waals surface area contributed by atoms with Gasteiger partial charge in [-0.1, -0.05) is 19.1 Å². The van der Waals surface area contributed by atoms with Gasteiger partial charge in [0, 0.05) is 39.3 Å². The molecule has 0 aliphatic carbocycles. The van der Waals surface area contributed by atoms with Crippen LogP contribution in [0.25, 0.3) is 0 Å². The minimum absolute atomic E-state index is 0.558. The van der Waals surface area contributed by atoms with Crippen molar-refractivity contribution in [2.45, 2.75) is 32.4 Å². The second-order valence-electron chi connectivity index (χ2n) is 5.41. The van der Waals surface area contributed by atoms with E-state index in [-0.39, 0.29) is 0 Å². The first-order valence-electron chi connectivity index (χ1n) is 6.89. The Balaban J connectivity index is 2.33. The summed E-state index contributed by atoms with van der Waals surface area (Å²) in [6, 6.07) is 9.86. The van der Waals surface area contributed by atoms with Crippen LogP contribution in [-0.2, 0) is 0 Å². The van der Waals surface area contributed by atoms with Gasteiger partial charge in [-0.05, 0) is 25.5 Å². The molecule has 1 heterocycles. The monoisotopic (exact) mass is 247 g/mol. The number of hydrogen-bond donors (Lipinski definition) is 1. The van der Waals surface area contributed by atoms with Crippen molar-refractivity contribution < 1.29 is 0 Å². The number of nitrogens with one attached hydrogen (secondary N) is 1. The molecule has 1 aromatic rings. The van der Waals surface area contributed by atoms with Crippen LogP contribution in [0.3, 0.4) is 0 Å². The quantitative estimate of drug-likeness (QED) is 0.884. The second kappa shape index (κ2) is 5.61.